The van der Waals surface area contributed by atoms with Crippen molar-refractivity contribution in [1.29, 1.82) is 0 Å². The summed E-state index contributed by atoms with van der Waals surface area (Å²) in [6, 6.07) is 1.12. The quantitative estimate of drug-likeness (QED) is 0.772. The molecule has 0 aromatic carbocycles. The molecule has 0 spiro atoms. The van der Waals surface area contributed by atoms with Gasteiger partial charge in [0, 0.05) is 24.0 Å². The molecule has 24 heavy (non-hydrogen) atoms. The molecular formula is C16H26N4O3S. The number of nitrogens with zero attached hydrogens (tertiary/aromatic N) is 1. The Bertz CT molecular complexity index is 677. The summed E-state index contributed by atoms with van der Waals surface area (Å²) in [5.41, 5.74) is -0.0504. The molecule has 1 aliphatic rings. The van der Waals surface area contributed by atoms with Gasteiger partial charge < -0.3 is 10.6 Å². The Labute approximate surface area is 143 Å². The highest BCUT2D eigenvalue weighted by molar-refractivity contribution is 7.90. The van der Waals surface area contributed by atoms with Crippen molar-refractivity contribution >= 4 is 21.7 Å². The number of sulfonamides is 1. The molecule has 1 heterocycles. The molecule has 2 amide bonds. The lowest BCUT2D eigenvalue weighted by Crippen LogP contribution is -2.48. The highest BCUT2D eigenvalue weighted by Gasteiger charge is 2.25. The largest absolute Gasteiger partial charge is 0.381 e. The van der Waals surface area contributed by atoms with Gasteiger partial charge in [-0.25, -0.2) is 17.9 Å². The van der Waals surface area contributed by atoms with Crippen molar-refractivity contribution in [2.24, 2.45) is 0 Å². The first kappa shape index (κ1) is 18.5. The fraction of sp³-hybridized carbons (Fsp3) is 0.625. The predicted octanol–water partition coefficient (Wildman–Crippen LogP) is 2.61. The standard InChI is InChI=1S/C16H26N4O3S/c1-16(2,3)19-15(21)20-24(22,23)14-11-17-10-9-13(14)18-12-7-5-4-6-8-12/h9-12H,4-8H2,1-3H3,(H,17,18)(H2,19,20,21). The molecule has 134 valence electrons. The van der Waals surface area contributed by atoms with Crippen LogP contribution in [0.1, 0.15) is 52.9 Å². The van der Waals surface area contributed by atoms with E-state index in [0.717, 1.165) is 25.7 Å². The van der Waals surface area contributed by atoms with E-state index >= 15 is 0 Å². The molecule has 0 atom stereocenters. The zero-order valence-electron chi connectivity index (χ0n) is 14.4. The fourth-order valence-electron chi connectivity index (χ4n) is 2.72. The van der Waals surface area contributed by atoms with Crippen LogP contribution in [-0.4, -0.2) is 31.0 Å². The fourth-order valence-corrected chi connectivity index (χ4v) is 3.74. The molecule has 3 N–H and O–H groups in total. The number of amides is 2. The van der Waals surface area contributed by atoms with Gasteiger partial charge in [0.2, 0.25) is 0 Å². The van der Waals surface area contributed by atoms with Crippen molar-refractivity contribution in [3.63, 3.8) is 0 Å². The number of anilines is 1. The Balaban J connectivity index is 2.16. The van der Waals surface area contributed by atoms with Crippen LogP contribution in [0.15, 0.2) is 23.4 Å². The molecule has 8 heteroatoms. The van der Waals surface area contributed by atoms with E-state index in [0.29, 0.717) is 5.69 Å². The Morgan fingerprint density at radius 3 is 2.50 bits per heavy atom. The van der Waals surface area contributed by atoms with Crippen LogP contribution in [-0.2, 0) is 10.0 Å². The van der Waals surface area contributed by atoms with Gasteiger partial charge in [-0.1, -0.05) is 19.3 Å². The second-order valence-electron chi connectivity index (χ2n) is 7.16. The molecule has 1 fully saturated rings. The third kappa shape index (κ3) is 5.36. The monoisotopic (exact) mass is 354 g/mol. The van der Waals surface area contributed by atoms with E-state index in [2.05, 4.69) is 15.6 Å². The van der Waals surface area contributed by atoms with Crippen LogP contribution in [0.3, 0.4) is 0 Å². The second-order valence-corrected chi connectivity index (χ2v) is 8.81. The summed E-state index contributed by atoms with van der Waals surface area (Å²) < 4.78 is 27.1. The summed E-state index contributed by atoms with van der Waals surface area (Å²) in [5, 5.41) is 5.86. The van der Waals surface area contributed by atoms with Gasteiger partial charge in [0.05, 0.1) is 5.69 Å². The van der Waals surface area contributed by atoms with Crippen LogP contribution in [0.5, 0.6) is 0 Å². The summed E-state index contributed by atoms with van der Waals surface area (Å²) in [6.45, 7) is 5.33. The minimum Gasteiger partial charge on any atom is -0.381 e. The normalized spacial score (nSPS) is 16.5. The first-order valence-electron chi connectivity index (χ1n) is 8.23. The second kappa shape index (κ2) is 7.38. The number of hydrogen-bond acceptors (Lipinski definition) is 5. The van der Waals surface area contributed by atoms with Gasteiger partial charge in [-0.3, -0.25) is 4.98 Å². The molecule has 1 aromatic heterocycles. The molecule has 0 radical (unpaired) electrons. The predicted molar refractivity (Wildman–Crippen MR) is 93.3 cm³/mol. The van der Waals surface area contributed by atoms with E-state index in [1.54, 1.807) is 33.0 Å². The summed E-state index contributed by atoms with van der Waals surface area (Å²) >= 11 is 0. The van der Waals surface area contributed by atoms with E-state index in [1.807, 2.05) is 4.72 Å². The Hall–Kier alpha value is -1.83. The van der Waals surface area contributed by atoms with Gasteiger partial charge in [0.1, 0.15) is 4.90 Å². The first-order chi connectivity index (χ1) is 11.2. The van der Waals surface area contributed by atoms with Crippen molar-refractivity contribution in [2.45, 2.75) is 69.4 Å². The third-order valence-corrected chi connectivity index (χ3v) is 5.11. The molecule has 1 aromatic rings. The van der Waals surface area contributed by atoms with Crippen LogP contribution in [0.2, 0.25) is 0 Å². The highest BCUT2D eigenvalue weighted by atomic mass is 32.2. The number of hydrogen-bond donors (Lipinski definition) is 3. The number of carbonyl (C=O) groups excluding carboxylic acids is 1. The maximum Gasteiger partial charge on any atom is 0.329 e. The van der Waals surface area contributed by atoms with Gasteiger partial charge in [-0.2, -0.15) is 0 Å². The van der Waals surface area contributed by atoms with Crippen LogP contribution in [0, 0.1) is 0 Å². The average molecular weight is 354 g/mol. The first-order valence-corrected chi connectivity index (χ1v) is 9.71. The highest BCUT2D eigenvalue weighted by Crippen LogP contribution is 2.25. The van der Waals surface area contributed by atoms with Crippen LogP contribution < -0.4 is 15.4 Å². The van der Waals surface area contributed by atoms with E-state index in [4.69, 9.17) is 0 Å². The van der Waals surface area contributed by atoms with E-state index in [9.17, 15) is 13.2 Å². The Morgan fingerprint density at radius 2 is 1.88 bits per heavy atom. The maximum atomic E-state index is 12.5. The van der Waals surface area contributed by atoms with Crippen molar-refractivity contribution in [3.8, 4) is 0 Å². The Morgan fingerprint density at radius 1 is 1.21 bits per heavy atom. The van der Waals surface area contributed by atoms with Gasteiger partial charge in [0.15, 0.2) is 0 Å². The summed E-state index contributed by atoms with van der Waals surface area (Å²) in [7, 11) is -4.00. The zero-order valence-corrected chi connectivity index (χ0v) is 15.2. The number of nitrogens with one attached hydrogen (secondary N) is 3. The third-order valence-electron chi connectivity index (χ3n) is 3.75. The van der Waals surface area contributed by atoms with Crippen molar-refractivity contribution in [2.75, 3.05) is 5.32 Å². The molecule has 1 aliphatic carbocycles. The number of aromatic nitrogens is 1. The maximum absolute atomic E-state index is 12.5. The number of urea groups is 1. The van der Waals surface area contributed by atoms with Crippen molar-refractivity contribution < 1.29 is 13.2 Å². The molecule has 0 saturated heterocycles. The average Bonchev–Trinajstić information content (AvgIpc) is 2.46. The minimum absolute atomic E-state index is 0.0142. The molecule has 1 saturated carbocycles. The Kier molecular flexibility index (Phi) is 5.69. The lowest BCUT2D eigenvalue weighted by Gasteiger charge is -2.25. The zero-order chi connectivity index (χ0) is 17.8. The lowest BCUT2D eigenvalue weighted by atomic mass is 9.95. The lowest BCUT2D eigenvalue weighted by molar-refractivity contribution is 0.237. The molecule has 0 bridgehead atoms. The summed E-state index contributed by atoms with van der Waals surface area (Å²) in [6.07, 6.45) is 8.32. The molecular weight excluding hydrogens is 328 g/mol. The molecule has 0 aliphatic heterocycles. The van der Waals surface area contributed by atoms with Gasteiger partial charge in [0.25, 0.3) is 10.0 Å². The number of carbonyl (C=O) groups is 1. The summed E-state index contributed by atoms with van der Waals surface area (Å²) in [5.74, 6) is 0. The molecule has 2 rings (SSSR count). The van der Waals surface area contributed by atoms with Crippen molar-refractivity contribution in [3.05, 3.63) is 18.5 Å². The van der Waals surface area contributed by atoms with Crippen LogP contribution in [0.25, 0.3) is 0 Å². The van der Waals surface area contributed by atoms with Crippen LogP contribution in [0.4, 0.5) is 10.5 Å². The van der Waals surface area contributed by atoms with E-state index in [1.165, 1.54) is 12.6 Å². The topological polar surface area (TPSA) is 100 Å². The van der Waals surface area contributed by atoms with Crippen molar-refractivity contribution in [1.82, 2.24) is 15.0 Å². The van der Waals surface area contributed by atoms with Crippen LogP contribution >= 0.6 is 0 Å². The molecule has 0 unspecified atom stereocenters. The molecule has 7 nitrogen and oxygen atoms in total. The van der Waals surface area contributed by atoms with Gasteiger partial charge >= 0.3 is 6.03 Å². The minimum atomic E-state index is -4.00. The SMILES string of the molecule is CC(C)(C)NC(=O)NS(=O)(=O)c1cnccc1NC1CCCCC1. The van der Waals surface area contributed by atoms with Gasteiger partial charge in [-0.15, -0.1) is 0 Å². The van der Waals surface area contributed by atoms with Gasteiger partial charge in [-0.05, 0) is 39.7 Å². The smallest absolute Gasteiger partial charge is 0.329 e. The summed E-state index contributed by atoms with van der Waals surface area (Å²) in [4.78, 5) is 15.8. The number of rotatable bonds is 4. The number of pyridine rings is 1. The van der Waals surface area contributed by atoms with E-state index in [-0.39, 0.29) is 10.9 Å². The van der Waals surface area contributed by atoms with E-state index < -0.39 is 21.6 Å².